The van der Waals surface area contributed by atoms with Gasteiger partial charge in [0.05, 0.1) is 18.9 Å². The lowest BCUT2D eigenvalue weighted by Gasteiger charge is -2.05. The molecule has 0 amide bonds. The fourth-order valence-corrected chi connectivity index (χ4v) is 2.31. The Kier molecular flexibility index (Phi) is 4.20. The van der Waals surface area contributed by atoms with E-state index in [0.717, 1.165) is 0 Å². The molecule has 8 heteroatoms. The van der Waals surface area contributed by atoms with Gasteiger partial charge < -0.3 is 9.15 Å². The number of tetrazole rings is 1. The number of furan rings is 1. The van der Waals surface area contributed by atoms with Gasteiger partial charge in [-0.1, -0.05) is 11.8 Å². The van der Waals surface area contributed by atoms with Crippen LogP contribution in [-0.2, 0) is 10.5 Å². The van der Waals surface area contributed by atoms with Crippen LogP contribution >= 0.6 is 11.8 Å². The van der Waals surface area contributed by atoms with Crippen LogP contribution in [0.4, 0.5) is 0 Å². The first-order valence-electron chi connectivity index (χ1n) is 5.69. The van der Waals surface area contributed by atoms with Crippen LogP contribution in [0.15, 0.2) is 21.7 Å². The van der Waals surface area contributed by atoms with Gasteiger partial charge in [-0.05, 0) is 36.4 Å². The van der Waals surface area contributed by atoms with Crippen molar-refractivity contribution in [1.29, 1.82) is 0 Å². The minimum atomic E-state index is -0.483. The van der Waals surface area contributed by atoms with E-state index in [4.69, 9.17) is 4.42 Å². The molecule has 0 saturated heterocycles. The van der Waals surface area contributed by atoms with E-state index < -0.39 is 5.97 Å². The zero-order chi connectivity index (χ0) is 13.8. The van der Waals surface area contributed by atoms with E-state index in [0.29, 0.717) is 16.7 Å². The Balaban J connectivity index is 2.00. The van der Waals surface area contributed by atoms with Crippen LogP contribution in [0.2, 0.25) is 0 Å². The van der Waals surface area contributed by atoms with E-state index in [-0.39, 0.29) is 11.8 Å². The van der Waals surface area contributed by atoms with Gasteiger partial charge in [0.15, 0.2) is 0 Å². The van der Waals surface area contributed by atoms with E-state index in [9.17, 15) is 4.79 Å². The largest absolute Gasteiger partial charge is 0.463 e. The topological polar surface area (TPSA) is 83.0 Å². The molecule has 7 nitrogen and oxygen atoms in total. The normalized spacial score (nSPS) is 10.9. The first kappa shape index (κ1) is 13.6. The summed E-state index contributed by atoms with van der Waals surface area (Å²) in [4.78, 5) is 11.2. The third-order valence-corrected chi connectivity index (χ3v) is 3.30. The summed E-state index contributed by atoms with van der Waals surface area (Å²) in [6.45, 7) is 4.01. The van der Waals surface area contributed by atoms with Gasteiger partial charge in [-0.25, -0.2) is 9.48 Å². The van der Waals surface area contributed by atoms with E-state index in [1.807, 2.05) is 13.8 Å². The molecule has 2 heterocycles. The van der Waals surface area contributed by atoms with Crippen LogP contribution in [0.5, 0.6) is 0 Å². The van der Waals surface area contributed by atoms with Gasteiger partial charge in [0.25, 0.3) is 0 Å². The van der Waals surface area contributed by atoms with Crippen LogP contribution in [-0.4, -0.2) is 33.3 Å². The summed E-state index contributed by atoms with van der Waals surface area (Å²) in [5.74, 6) is 0.929. The Morgan fingerprint density at radius 3 is 3.00 bits per heavy atom. The Morgan fingerprint density at radius 1 is 1.53 bits per heavy atom. The summed E-state index contributed by atoms with van der Waals surface area (Å²) >= 11 is 1.45. The van der Waals surface area contributed by atoms with Gasteiger partial charge in [0.2, 0.25) is 10.9 Å². The van der Waals surface area contributed by atoms with Crippen molar-refractivity contribution < 1.29 is 13.9 Å². The molecule has 0 spiro atoms. The Bertz CT molecular complexity index is 564. The molecule has 102 valence electrons. The third-order valence-electron chi connectivity index (χ3n) is 2.34. The second-order valence-electron chi connectivity index (χ2n) is 4.05. The average molecular weight is 282 g/mol. The van der Waals surface area contributed by atoms with Crippen molar-refractivity contribution in [3.05, 3.63) is 23.7 Å². The first-order valence-corrected chi connectivity index (χ1v) is 6.68. The Labute approximate surface area is 114 Å². The summed E-state index contributed by atoms with van der Waals surface area (Å²) in [5.41, 5.74) is 0. The number of ether oxygens (including phenoxy) is 1. The number of methoxy groups -OCH3 is 1. The zero-order valence-corrected chi connectivity index (χ0v) is 11.7. The number of hydrogen-bond acceptors (Lipinski definition) is 7. The molecule has 0 N–H and O–H groups in total. The number of nitrogens with zero attached hydrogens (tertiary/aromatic N) is 4. The van der Waals surface area contributed by atoms with Crippen molar-refractivity contribution in [1.82, 2.24) is 20.2 Å². The molecule has 0 aliphatic carbocycles. The highest BCUT2D eigenvalue weighted by Gasteiger charge is 2.13. The lowest BCUT2D eigenvalue weighted by molar-refractivity contribution is 0.0563. The van der Waals surface area contributed by atoms with Crippen molar-refractivity contribution in [3.63, 3.8) is 0 Å². The second-order valence-corrected chi connectivity index (χ2v) is 4.99. The number of carbonyl (C=O) groups is 1. The monoisotopic (exact) mass is 282 g/mol. The molecular formula is C11H14N4O3S. The minimum absolute atomic E-state index is 0.194. The van der Waals surface area contributed by atoms with Gasteiger partial charge in [0, 0.05) is 0 Å². The highest BCUT2D eigenvalue weighted by Crippen LogP contribution is 2.23. The molecule has 0 atom stereocenters. The predicted octanol–water partition coefficient (Wildman–Crippen LogP) is 1.93. The lowest BCUT2D eigenvalue weighted by atomic mass is 10.4. The predicted molar refractivity (Wildman–Crippen MR) is 67.8 cm³/mol. The number of thioether (sulfide) groups is 1. The fraction of sp³-hybridized carbons (Fsp3) is 0.455. The molecule has 19 heavy (non-hydrogen) atoms. The van der Waals surface area contributed by atoms with E-state index >= 15 is 0 Å². The molecule has 0 bridgehead atoms. The van der Waals surface area contributed by atoms with Crippen molar-refractivity contribution in [3.8, 4) is 0 Å². The maximum atomic E-state index is 11.2. The Hall–Kier alpha value is -1.83. The lowest BCUT2D eigenvalue weighted by Crippen LogP contribution is -2.04. The quantitative estimate of drug-likeness (QED) is 0.612. The third kappa shape index (κ3) is 3.14. The molecule has 2 aromatic heterocycles. The van der Waals surface area contributed by atoms with Gasteiger partial charge in [-0.3, -0.25) is 0 Å². The smallest absolute Gasteiger partial charge is 0.373 e. The average Bonchev–Trinajstić information content (AvgIpc) is 3.04. The van der Waals surface area contributed by atoms with E-state index in [1.165, 1.54) is 18.9 Å². The number of aromatic nitrogens is 4. The molecule has 0 aliphatic rings. The standard InChI is InChI=1S/C11H14N4O3S/c1-7(2)15-11(12-13-14-15)19-6-8-4-5-9(18-8)10(16)17-3/h4-5,7H,6H2,1-3H3. The van der Waals surface area contributed by atoms with Gasteiger partial charge >= 0.3 is 5.97 Å². The molecule has 2 aromatic rings. The number of hydrogen-bond donors (Lipinski definition) is 0. The summed E-state index contributed by atoms with van der Waals surface area (Å²) in [7, 11) is 1.32. The van der Waals surface area contributed by atoms with E-state index in [1.54, 1.807) is 16.8 Å². The summed E-state index contributed by atoms with van der Waals surface area (Å²) in [5, 5.41) is 12.2. The molecule has 0 radical (unpaired) electrons. The van der Waals surface area contributed by atoms with Crippen LogP contribution in [0.1, 0.15) is 36.2 Å². The highest BCUT2D eigenvalue weighted by molar-refractivity contribution is 7.98. The zero-order valence-electron chi connectivity index (χ0n) is 10.9. The van der Waals surface area contributed by atoms with Crippen LogP contribution in [0.25, 0.3) is 0 Å². The SMILES string of the molecule is COC(=O)c1ccc(CSc2nnnn2C(C)C)o1. The van der Waals surface area contributed by atoms with Crippen molar-refractivity contribution in [2.24, 2.45) is 0 Å². The van der Waals surface area contributed by atoms with Crippen LogP contribution in [0.3, 0.4) is 0 Å². The Morgan fingerprint density at radius 2 is 2.32 bits per heavy atom. The summed E-state index contributed by atoms with van der Waals surface area (Å²) < 4.78 is 11.7. The first-order chi connectivity index (χ1) is 9.11. The summed E-state index contributed by atoms with van der Waals surface area (Å²) in [6, 6.07) is 3.52. The van der Waals surface area contributed by atoms with E-state index in [2.05, 4.69) is 20.3 Å². The summed E-state index contributed by atoms with van der Waals surface area (Å²) in [6.07, 6.45) is 0. The molecule has 0 aliphatic heterocycles. The van der Waals surface area contributed by atoms with Crippen molar-refractivity contribution in [2.45, 2.75) is 30.8 Å². The molecule has 0 aromatic carbocycles. The molecular weight excluding hydrogens is 268 g/mol. The number of rotatable bonds is 5. The molecule has 0 unspecified atom stereocenters. The molecule has 2 rings (SSSR count). The number of carbonyl (C=O) groups excluding carboxylic acids is 1. The van der Waals surface area contributed by atoms with Crippen molar-refractivity contribution >= 4 is 17.7 Å². The maximum Gasteiger partial charge on any atom is 0.373 e. The van der Waals surface area contributed by atoms with Crippen molar-refractivity contribution in [2.75, 3.05) is 7.11 Å². The minimum Gasteiger partial charge on any atom is -0.463 e. The molecule has 0 fully saturated rings. The second kappa shape index (κ2) is 5.87. The number of esters is 1. The van der Waals surface area contributed by atoms with Gasteiger partial charge in [-0.2, -0.15) is 0 Å². The maximum absolute atomic E-state index is 11.2. The fourth-order valence-electron chi connectivity index (χ4n) is 1.41. The van der Waals surface area contributed by atoms with Gasteiger partial charge in [-0.15, -0.1) is 5.10 Å². The molecule has 0 saturated carbocycles. The van der Waals surface area contributed by atoms with Crippen LogP contribution in [0, 0.1) is 0 Å². The highest BCUT2D eigenvalue weighted by atomic mass is 32.2. The van der Waals surface area contributed by atoms with Gasteiger partial charge in [0.1, 0.15) is 5.76 Å². The van der Waals surface area contributed by atoms with Crippen LogP contribution < -0.4 is 0 Å².